The van der Waals surface area contributed by atoms with Gasteiger partial charge >= 0.3 is 0 Å². The molecule has 9 aromatic rings. The van der Waals surface area contributed by atoms with E-state index in [2.05, 4.69) is 155 Å². The lowest BCUT2D eigenvalue weighted by Gasteiger charge is -2.17. The summed E-state index contributed by atoms with van der Waals surface area (Å²) in [5.41, 5.74) is 9.80. The Balaban J connectivity index is 1.39. The minimum atomic E-state index is 0.225. The van der Waals surface area contributed by atoms with Gasteiger partial charge in [0.05, 0.1) is 0 Å². The van der Waals surface area contributed by atoms with Gasteiger partial charge in [-0.1, -0.05) is 149 Å². The summed E-state index contributed by atoms with van der Waals surface area (Å²) in [7, 11) is 0. The molecule has 1 heterocycles. The van der Waals surface area contributed by atoms with Crippen molar-refractivity contribution >= 4 is 74.6 Å². The Labute approximate surface area is 285 Å². The van der Waals surface area contributed by atoms with Crippen LogP contribution in [0.15, 0.2) is 127 Å². The van der Waals surface area contributed by atoms with Crippen LogP contribution in [0.25, 0.3) is 74.4 Å². The molecule has 1 heteroatoms. The van der Waals surface area contributed by atoms with Crippen LogP contribution in [-0.2, 0) is 0 Å². The first-order valence-electron chi connectivity index (χ1n) is 17.4. The SMILES string of the molecule is CC(C)c1ccc(C2c3ccccc3-c3c2ccc2sc4c(c5ccccc5c5c6ccc(C(C)C)cc6c6ccccc6c45)c32)cc1. The van der Waals surface area contributed by atoms with Gasteiger partial charge in [0.2, 0.25) is 0 Å². The first-order chi connectivity index (χ1) is 23.5. The molecule has 1 unspecified atom stereocenters. The van der Waals surface area contributed by atoms with Crippen molar-refractivity contribution in [1.82, 2.24) is 0 Å². The van der Waals surface area contributed by atoms with Crippen LogP contribution < -0.4 is 0 Å². The Kier molecular flexibility index (Phi) is 6.00. The molecule has 0 saturated carbocycles. The lowest BCUT2D eigenvalue weighted by atomic mass is 9.86. The second-order valence-corrected chi connectivity index (χ2v) is 15.4. The number of rotatable bonds is 3. The lowest BCUT2D eigenvalue weighted by Crippen LogP contribution is -1.99. The van der Waals surface area contributed by atoms with Gasteiger partial charge in [-0.15, -0.1) is 11.3 Å². The number of thiophene rings is 1. The molecule has 1 aromatic heterocycles. The molecule has 8 aromatic carbocycles. The summed E-state index contributed by atoms with van der Waals surface area (Å²) >= 11 is 1.98. The predicted molar refractivity (Wildman–Crippen MR) is 210 cm³/mol. The fourth-order valence-electron chi connectivity index (χ4n) is 8.75. The molecule has 1 aliphatic carbocycles. The molecule has 0 N–H and O–H groups in total. The van der Waals surface area contributed by atoms with E-state index in [1.54, 1.807) is 0 Å². The highest BCUT2D eigenvalue weighted by molar-refractivity contribution is 7.27. The van der Waals surface area contributed by atoms with Crippen molar-refractivity contribution in [2.45, 2.75) is 45.4 Å². The summed E-state index contributed by atoms with van der Waals surface area (Å²) < 4.78 is 2.77. The number of fused-ring (bicyclic) bond motifs is 17. The zero-order chi connectivity index (χ0) is 32.3. The average Bonchev–Trinajstić information content (AvgIpc) is 3.67. The zero-order valence-corrected chi connectivity index (χ0v) is 28.6. The van der Waals surface area contributed by atoms with Gasteiger partial charge in [0.25, 0.3) is 0 Å². The van der Waals surface area contributed by atoms with E-state index in [0.29, 0.717) is 11.8 Å². The third kappa shape index (κ3) is 3.77. The number of benzene rings is 8. The fraction of sp³-hybridized carbons (Fsp3) is 0.149. The van der Waals surface area contributed by atoms with Crippen LogP contribution in [0.4, 0.5) is 0 Å². The maximum absolute atomic E-state index is 2.45. The molecule has 1 atom stereocenters. The molecular formula is C47H36S. The van der Waals surface area contributed by atoms with E-state index in [4.69, 9.17) is 0 Å². The molecule has 230 valence electrons. The Morgan fingerprint density at radius 1 is 0.458 bits per heavy atom. The summed E-state index contributed by atoms with van der Waals surface area (Å²) in [6.07, 6.45) is 0. The van der Waals surface area contributed by atoms with E-state index in [1.165, 1.54) is 102 Å². The van der Waals surface area contributed by atoms with Gasteiger partial charge in [-0.25, -0.2) is 0 Å². The van der Waals surface area contributed by atoms with E-state index in [-0.39, 0.29) is 5.92 Å². The van der Waals surface area contributed by atoms with Crippen molar-refractivity contribution < 1.29 is 0 Å². The number of hydrogen-bond acceptors (Lipinski definition) is 1. The summed E-state index contributed by atoms with van der Waals surface area (Å²) in [6, 6.07) is 48.9. The minimum absolute atomic E-state index is 0.225. The van der Waals surface area contributed by atoms with E-state index < -0.39 is 0 Å². The summed E-state index contributed by atoms with van der Waals surface area (Å²) in [5.74, 6) is 1.23. The van der Waals surface area contributed by atoms with Crippen molar-refractivity contribution in [3.8, 4) is 11.1 Å². The van der Waals surface area contributed by atoms with Crippen LogP contribution in [0.1, 0.15) is 73.3 Å². The highest BCUT2D eigenvalue weighted by Crippen LogP contribution is 2.56. The smallest absolute Gasteiger partial charge is 0.0446 e. The van der Waals surface area contributed by atoms with Gasteiger partial charge in [-0.2, -0.15) is 0 Å². The molecule has 0 nitrogen and oxygen atoms in total. The fourth-order valence-corrected chi connectivity index (χ4v) is 10.0. The molecule has 48 heavy (non-hydrogen) atoms. The monoisotopic (exact) mass is 632 g/mol. The molecule has 0 spiro atoms. The molecule has 1 aliphatic rings. The highest BCUT2D eigenvalue weighted by atomic mass is 32.1. The molecule has 10 rings (SSSR count). The van der Waals surface area contributed by atoms with Crippen LogP contribution in [0.3, 0.4) is 0 Å². The molecule has 0 saturated heterocycles. The maximum Gasteiger partial charge on any atom is 0.0446 e. The molecule has 0 radical (unpaired) electrons. The summed E-state index contributed by atoms with van der Waals surface area (Å²) in [6.45, 7) is 9.14. The predicted octanol–water partition coefficient (Wildman–Crippen LogP) is 14.1. The lowest BCUT2D eigenvalue weighted by molar-refractivity contribution is 0.863. The van der Waals surface area contributed by atoms with Gasteiger partial charge < -0.3 is 0 Å². The topological polar surface area (TPSA) is 0 Å². The van der Waals surface area contributed by atoms with Gasteiger partial charge in [-0.05, 0) is 94.5 Å². The van der Waals surface area contributed by atoms with E-state index in [1.807, 2.05) is 11.3 Å². The van der Waals surface area contributed by atoms with E-state index in [0.717, 1.165) is 0 Å². The van der Waals surface area contributed by atoms with Crippen molar-refractivity contribution in [2.24, 2.45) is 0 Å². The Bertz CT molecular complexity index is 2770. The Morgan fingerprint density at radius 3 is 1.77 bits per heavy atom. The third-order valence-electron chi connectivity index (χ3n) is 11.1. The standard InChI is InChI=1S/C47H36S/c1-26(2)28-17-19-29(20-18-28)41-33-13-7-8-14-34(33)43-38(41)23-24-40-46(43)45-36-16-10-9-15-35(36)42-37-22-21-30(27(3)4)25-39(37)31-11-5-6-12-32(31)44(42)47(45)48-40/h5-27,41H,1-4H3. The molecule has 0 fully saturated rings. The minimum Gasteiger partial charge on any atom is -0.134 e. The zero-order valence-electron chi connectivity index (χ0n) is 27.8. The first kappa shape index (κ1) is 28.1. The summed E-state index contributed by atoms with van der Waals surface area (Å²) in [4.78, 5) is 0. The molecule has 0 aliphatic heterocycles. The molecular weight excluding hydrogens is 597 g/mol. The van der Waals surface area contributed by atoms with Crippen molar-refractivity contribution in [3.63, 3.8) is 0 Å². The van der Waals surface area contributed by atoms with Crippen LogP contribution in [0, 0.1) is 0 Å². The maximum atomic E-state index is 2.45. The van der Waals surface area contributed by atoms with Crippen molar-refractivity contribution in [2.75, 3.05) is 0 Å². The van der Waals surface area contributed by atoms with Gasteiger partial charge in [0.1, 0.15) is 0 Å². The summed E-state index contributed by atoms with van der Waals surface area (Å²) in [5, 5.41) is 13.7. The van der Waals surface area contributed by atoms with Crippen LogP contribution in [0.5, 0.6) is 0 Å². The van der Waals surface area contributed by atoms with Gasteiger partial charge in [-0.3, -0.25) is 0 Å². The van der Waals surface area contributed by atoms with Gasteiger partial charge in [0.15, 0.2) is 0 Å². The largest absolute Gasteiger partial charge is 0.134 e. The highest BCUT2D eigenvalue weighted by Gasteiger charge is 2.33. The number of hydrogen-bond donors (Lipinski definition) is 0. The quantitative estimate of drug-likeness (QED) is 0.170. The van der Waals surface area contributed by atoms with E-state index >= 15 is 0 Å². The molecule has 0 bridgehead atoms. The van der Waals surface area contributed by atoms with Crippen LogP contribution in [-0.4, -0.2) is 0 Å². The average molecular weight is 633 g/mol. The van der Waals surface area contributed by atoms with Gasteiger partial charge in [0, 0.05) is 31.5 Å². The second kappa shape index (κ2) is 10.3. The normalized spacial score (nSPS) is 14.4. The van der Waals surface area contributed by atoms with Crippen molar-refractivity contribution in [3.05, 3.63) is 155 Å². The van der Waals surface area contributed by atoms with Crippen LogP contribution in [0.2, 0.25) is 0 Å². The Morgan fingerprint density at radius 2 is 1.04 bits per heavy atom. The third-order valence-corrected chi connectivity index (χ3v) is 12.3. The van der Waals surface area contributed by atoms with E-state index in [9.17, 15) is 0 Å². The second-order valence-electron chi connectivity index (χ2n) is 14.4. The molecule has 0 amide bonds. The Hall–Kier alpha value is -4.98. The van der Waals surface area contributed by atoms with Crippen molar-refractivity contribution in [1.29, 1.82) is 0 Å². The van der Waals surface area contributed by atoms with Crippen LogP contribution >= 0.6 is 11.3 Å². The first-order valence-corrected chi connectivity index (χ1v) is 18.2.